The summed E-state index contributed by atoms with van der Waals surface area (Å²) in [5.41, 5.74) is 0. The fourth-order valence-electron chi connectivity index (χ4n) is 3.53. The Labute approximate surface area is 149 Å². The average Bonchev–Trinajstić information content (AvgIpc) is 3.28. The molecule has 0 N–H and O–H groups in total. The molecule has 1 aromatic rings. The minimum atomic E-state index is -0.0270. The van der Waals surface area contributed by atoms with Crippen LogP contribution in [0.4, 0.5) is 0 Å². The lowest BCUT2D eigenvalue weighted by molar-refractivity contribution is -0.142. The standard InChI is InChI=1S/C19H28N2O4/c22-18-9-3-1-2-4-10-20(18)15-19(23)21(13-16-7-5-11-24-16)14-17-8-6-12-25-17/h5,7,11,17H,1-4,6,8-10,12-15H2. The molecule has 3 rings (SSSR count). The lowest BCUT2D eigenvalue weighted by Crippen LogP contribution is -2.45. The average molecular weight is 348 g/mol. The zero-order chi connectivity index (χ0) is 17.5. The molecule has 2 aliphatic heterocycles. The summed E-state index contributed by atoms with van der Waals surface area (Å²) < 4.78 is 11.1. The van der Waals surface area contributed by atoms with Crippen molar-refractivity contribution >= 4 is 11.8 Å². The highest BCUT2D eigenvalue weighted by atomic mass is 16.5. The van der Waals surface area contributed by atoms with E-state index in [9.17, 15) is 9.59 Å². The van der Waals surface area contributed by atoms with Crippen molar-refractivity contribution in [3.8, 4) is 0 Å². The third-order valence-electron chi connectivity index (χ3n) is 4.98. The molecule has 1 aromatic heterocycles. The lowest BCUT2D eigenvalue weighted by Gasteiger charge is -2.29. The quantitative estimate of drug-likeness (QED) is 0.793. The van der Waals surface area contributed by atoms with Crippen LogP contribution in [-0.2, 0) is 20.9 Å². The first-order valence-corrected chi connectivity index (χ1v) is 9.42. The number of nitrogens with zero attached hydrogens (tertiary/aromatic N) is 2. The van der Waals surface area contributed by atoms with Crippen LogP contribution in [-0.4, -0.2) is 54.0 Å². The Hall–Kier alpha value is -1.82. The van der Waals surface area contributed by atoms with Gasteiger partial charge in [0.05, 0.1) is 25.5 Å². The van der Waals surface area contributed by atoms with Crippen molar-refractivity contribution in [3.63, 3.8) is 0 Å². The first-order chi connectivity index (χ1) is 12.2. The highest BCUT2D eigenvalue weighted by Crippen LogP contribution is 2.17. The number of furan rings is 1. The molecule has 138 valence electrons. The predicted octanol–water partition coefficient (Wildman–Crippen LogP) is 2.58. The van der Waals surface area contributed by atoms with Gasteiger partial charge >= 0.3 is 0 Å². The highest BCUT2D eigenvalue weighted by Gasteiger charge is 2.26. The maximum absolute atomic E-state index is 12.9. The van der Waals surface area contributed by atoms with Gasteiger partial charge in [0, 0.05) is 26.1 Å². The van der Waals surface area contributed by atoms with Crippen LogP contribution in [0.1, 0.15) is 50.7 Å². The number of hydrogen-bond acceptors (Lipinski definition) is 4. The van der Waals surface area contributed by atoms with Gasteiger partial charge in [-0.05, 0) is 37.8 Å². The zero-order valence-corrected chi connectivity index (χ0v) is 14.8. The molecule has 6 nitrogen and oxygen atoms in total. The summed E-state index contributed by atoms with van der Waals surface area (Å²) in [7, 11) is 0. The Kier molecular flexibility index (Phi) is 6.50. The molecule has 2 aliphatic rings. The van der Waals surface area contributed by atoms with Crippen molar-refractivity contribution in [1.29, 1.82) is 0 Å². The molecule has 25 heavy (non-hydrogen) atoms. The summed E-state index contributed by atoms with van der Waals surface area (Å²) >= 11 is 0. The largest absolute Gasteiger partial charge is 0.467 e. The van der Waals surface area contributed by atoms with E-state index in [0.29, 0.717) is 26.1 Å². The molecule has 0 spiro atoms. The molecule has 0 aromatic carbocycles. The first-order valence-electron chi connectivity index (χ1n) is 9.42. The van der Waals surface area contributed by atoms with Crippen LogP contribution in [0, 0.1) is 0 Å². The van der Waals surface area contributed by atoms with Crippen LogP contribution in [0.3, 0.4) is 0 Å². The fourth-order valence-corrected chi connectivity index (χ4v) is 3.53. The number of carbonyl (C=O) groups is 2. The highest BCUT2D eigenvalue weighted by molar-refractivity contribution is 5.84. The minimum absolute atomic E-state index is 0.0270. The molecule has 6 heteroatoms. The molecular weight excluding hydrogens is 320 g/mol. The lowest BCUT2D eigenvalue weighted by atomic mass is 10.1. The molecule has 0 bridgehead atoms. The second-order valence-electron chi connectivity index (χ2n) is 6.97. The topological polar surface area (TPSA) is 63.0 Å². The number of likely N-dealkylation sites (tertiary alicyclic amines) is 1. The number of carbonyl (C=O) groups excluding carboxylic acids is 2. The van der Waals surface area contributed by atoms with Crippen molar-refractivity contribution in [2.24, 2.45) is 0 Å². The van der Waals surface area contributed by atoms with E-state index in [2.05, 4.69) is 0 Å². The van der Waals surface area contributed by atoms with E-state index in [-0.39, 0.29) is 24.5 Å². The van der Waals surface area contributed by atoms with Gasteiger partial charge in [-0.1, -0.05) is 12.8 Å². The van der Waals surface area contributed by atoms with Gasteiger partial charge in [-0.3, -0.25) is 9.59 Å². The van der Waals surface area contributed by atoms with E-state index in [1.165, 1.54) is 0 Å². The van der Waals surface area contributed by atoms with Crippen LogP contribution in [0.5, 0.6) is 0 Å². The molecule has 1 unspecified atom stereocenters. The van der Waals surface area contributed by atoms with Gasteiger partial charge in [0.25, 0.3) is 0 Å². The van der Waals surface area contributed by atoms with E-state index in [1.807, 2.05) is 12.1 Å². The number of ether oxygens (including phenoxy) is 1. The van der Waals surface area contributed by atoms with Crippen molar-refractivity contribution in [1.82, 2.24) is 9.80 Å². The summed E-state index contributed by atoms with van der Waals surface area (Å²) in [6, 6.07) is 3.70. The van der Waals surface area contributed by atoms with Crippen molar-refractivity contribution in [2.45, 2.75) is 57.6 Å². The zero-order valence-electron chi connectivity index (χ0n) is 14.8. The van der Waals surface area contributed by atoms with E-state index in [4.69, 9.17) is 9.15 Å². The van der Waals surface area contributed by atoms with Crippen LogP contribution in [0.25, 0.3) is 0 Å². The van der Waals surface area contributed by atoms with Crippen molar-refractivity contribution < 1.29 is 18.7 Å². The smallest absolute Gasteiger partial charge is 0.242 e. The minimum Gasteiger partial charge on any atom is -0.467 e. The van der Waals surface area contributed by atoms with Crippen molar-refractivity contribution in [2.75, 3.05) is 26.2 Å². The summed E-state index contributed by atoms with van der Waals surface area (Å²) in [6.45, 7) is 2.58. The van der Waals surface area contributed by atoms with Gasteiger partial charge < -0.3 is 19.0 Å². The second-order valence-corrected chi connectivity index (χ2v) is 6.97. The van der Waals surface area contributed by atoms with Crippen LogP contribution >= 0.6 is 0 Å². The SMILES string of the molecule is O=C1CCCCCCN1CC(=O)N(Cc1ccco1)CC1CCCO1. The van der Waals surface area contributed by atoms with Gasteiger partial charge in [-0.25, -0.2) is 0 Å². The summed E-state index contributed by atoms with van der Waals surface area (Å²) in [5, 5.41) is 0. The van der Waals surface area contributed by atoms with Gasteiger partial charge in [0.2, 0.25) is 11.8 Å². The second kappa shape index (κ2) is 9.04. The van der Waals surface area contributed by atoms with Gasteiger partial charge in [-0.2, -0.15) is 0 Å². The Bertz CT molecular complexity index is 552. The van der Waals surface area contributed by atoms with Crippen molar-refractivity contribution in [3.05, 3.63) is 24.2 Å². The van der Waals surface area contributed by atoms with E-state index in [0.717, 1.165) is 50.9 Å². The molecular formula is C19H28N2O4. The normalized spacial score (nSPS) is 21.8. The summed E-state index contributed by atoms with van der Waals surface area (Å²) in [4.78, 5) is 28.7. The molecule has 2 saturated heterocycles. The maximum Gasteiger partial charge on any atom is 0.242 e. The Morgan fingerprint density at radius 1 is 1.24 bits per heavy atom. The summed E-state index contributed by atoms with van der Waals surface area (Å²) in [5.74, 6) is 0.828. The molecule has 1 atom stereocenters. The third-order valence-corrected chi connectivity index (χ3v) is 4.98. The maximum atomic E-state index is 12.9. The number of amides is 2. The van der Waals surface area contributed by atoms with Crippen LogP contribution in [0.15, 0.2) is 22.8 Å². The molecule has 2 amide bonds. The predicted molar refractivity (Wildman–Crippen MR) is 92.8 cm³/mol. The molecule has 0 aliphatic carbocycles. The molecule has 0 saturated carbocycles. The van der Waals surface area contributed by atoms with Gasteiger partial charge in [-0.15, -0.1) is 0 Å². The summed E-state index contributed by atoms with van der Waals surface area (Å²) in [6.07, 6.45) is 8.41. The van der Waals surface area contributed by atoms with E-state index in [1.54, 1.807) is 16.1 Å². The van der Waals surface area contributed by atoms with Crippen LogP contribution in [0.2, 0.25) is 0 Å². The first kappa shape index (κ1) is 18.0. The van der Waals surface area contributed by atoms with Crippen LogP contribution < -0.4 is 0 Å². The Morgan fingerprint density at radius 2 is 2.12 bits per heavy atom. The monoisotopic (exact) mass is 348 g/mol. The van der Waals surface area contributed by atoms with Gasteiger partial charge in [0.1, 0.15) is 5.76 Å². The fraction of sp³-hybridized carbons (Fsp3) is 0.684. The number of rotatable bonds is 6. The van der Waals surface area contributed by atoms with E-state index < -0.39 is 0 Å². The molecule has 0 radical (unpaired) electrons. The molecule has 3 heterocycles. The Balaban J connectivity index is 1.63. The molecule has 2 fully saturated rings. The number of hydrogen-bond donors (Lipinski definition) is 0. The van der Waals surface area contributed by atoms with Gasteiger partial charge in [0.15, 0.2) is 0 Å². The van der Waals surface area contributed by atoms with E-state index >= 15 is 0 Å². The Morgan fingerprint density at radius 3 is 2.88 bits per heavy atom. The third kappa shape index (κ3) is 5.33.